The van der Waals surface area contributed by atoms with Gasteiger partial charge >= 0.3 is 0 Å². The molecule has 0 spiro atoms. The molecule has 1 N–H and O–H groups in total. The molecule has 76 valence electrons. The van der Waals surface area contributed by atoms with Crippen molar-refractivity contribution in [1.82, 2.24) is 5.32 Å². The number of thioether (sulfide) groups is 1. The summed E-state index contributed by atoms with van der Waals surface area (Å²) in [5.74, 6) is 4.55. The Morgan fingerprint density at radius 3 is 2.54 bits per heavy atom. The van der Waals surface area contributed by atoms with Gasteiger partial charge in [0.15, 0.2) is 0 Å². The minimum Gasteiger partial charge on any atom is -0.310 e. The van der Waals surface area contributed by atoms with Crippen molar-refractivity contribution in [3.8, 4) is 0 Å². The number of hydrogen-bond donors (Lipinski definition) is 1. The van der Waals surface area contributed by atoms with E-state index in [1.165, 1.54) is 30.8 Å². The fourth-order valence-electron chi connectivity index (χ4n) is 2.53. The monoisotopic (exact) mass is 199 g/mol. The molecule has 13 heavy (non-hydrogen) atoms. The second kappa shape index (κ2) is 4.22. The molecule has 2 fully saturated rings. The lowest BCUT2D eigenvalue weighted by Gasteiger charge is -2.21. The third-order valence-corrected chi connectivity index (χ3v) is 4.87. The van der Waals surface area contributed by atoms with Crippen LogP contribution >= 0.6 is 11.8 Å². The van der Waals surface area contributed by atoms with Crippen LogP contribution in [0.2, 0.25) is 0 Å². The lowest BCUT2D eigenvalue weighted by molar-refractivity contribution is 0.388. The van der Waals surface area contributed by atoms with Gasteiger partial charge in [-0.1, -0.05) is 13.8 Å². The number of hydrogen-bond acceptors (Lipinski definition) is 2. The Balaban J connectivity index is 1.77. The van der Waals surface area contributed by atoms with Crippen LogP contribution in [0, 0.1) is 11.8 Å². The highest BCUT2D eigenvalue weighted by Crippen LogP contribution is 2.29. The topological polar surface area (TPSA) is 12.0 Å². The smallest absolute Gasteiger partial charge is 0.0194 e. The van der Waals surface area contributed by atoms with E-state index in [0.717, 1.165) is 23.9 Å². The molecule has 1 aliphatic carbocycles. The number of nitrogens with one attached hydrogen (secondary N) is 1. The largest absolute Gasteiger partial charge is 0.310 e. The van der Waals surface area contributed by atoms with Crippen LogP contribution in [0.5, 0.6) is 0 Å². The molecule has 2 aliphatic rings. The lowest BCUT2D eigenvalue weighted by Crippen LogP contribution is -2.40. The summed E-state index contributed by atoms with van der Waals surface area (Å²) in [6.45, 7) is 4.77. The summed E-state index contributed by atoms with van der Waals surface area (Å²) in [4.78, 5) is 0. The van der Waals surface area contributed by atoms with Crippen LogP contribution in [0.3, 0.4) is 0 Å². The maximum absolute atomic E-state index is 3.84. The molecule has 1 nitrogen and oxygen atoms in total. The molecular formula is C11H21NS. The average molecular weight is 199 g/mol. The van der Waals surface area contributed by atoms with E-state index in [-0.39, 0.29) is 0 Å². The second-order valence-electron chi connectivity index (χ2n) is 4.90. The summed E-state index contributed by atoms with van der Waals surface area (Å²) in [5.41, 5.74) is 0. The van der Waals surface area contributed by atoms with Gasteiger partial charge < -0.3 is 5.32 Å². The third-order valence-electron chi connectivity index (χ3n) is 3.51. The molecule has 4 atom stereocenters. The molecule has 0 bridgehead atoms. The highest BCUT2D eigenvalue weighted by molar-refractivity contribution is 7.99. The van der Waals surface area contributed by atoms with E-state index in [2.05, 4.69) is 30.9 Å². The second-order valence-corrected chi connectivity index (χ2v) is 5.98. The van der Waals surface area contributed by atoms with Crippen LogP contribution in [-0.2, 0) is 0 Å². The maximum Gasteiger partial charge on any atom is 0.0194 e. The van der Waals surface area contributed by atoms with Gasteiger partial charge in [0.25, 0.3) is 0 Å². The van der Waals surface area contributed by atoms with Gasteiger partial charge in [0.1, 0.15) is 0 Å². The van der Waals surface area contributed by atoms with Crippen molar-refractivity contribution in [3.05, 3.63) is 0 Å². The Morgan fingerprint density at radius 1 is 1.15 bits per heavy atom. The van der Waals surface area contributed by atoms with Crippen LogP contribution in [0.4, 0.5) is 0 Å². The highest BCUT2D eigenvalue weighted by atomic mass is 32.2. The van der Waals surface area contributed by atoms with E-state index < -0.39 is 0 Å². The Kier molecular flexibility index (Phi) is 3.20. The van der Waals surface area contributed by atoms with E-state index >= 15 is 0 Å². The van der Waals surface area contributed by atoms with Crippen molar-refractivity contribution in [3.63, 3.8) is 0 Å². The van der Waals surface area contributed by atoms with Gasteiger partial charge in [-0.05, 0) is 36.9 Å². The molecule has 0 aromatic carbocycles. The zero-order chi connectivity index (χ0) is 9.26. The summed E-state index contributed by atoms with van der Waals surface area (Å²) in [7, 11) is 0. The molecule has 4 unspecified atom stereocenters. The molecule has 0 aromatic heterocycles. The molecule has 1 saturated heterocycles. The normalized spacial score (nSPS) is 45.7. The van der Waals surface area contributed by atoms with Crippen LogP contribution in [-0.4, -0.2) is 23.6 Å². The van der Waals surface area contributed by atoms with Crippen molar-refractivity contribution in [2.45, 2.75) is 45.2 Å². The van der Waals surface area contributed by atoms with Gasteiger partial charge in [0.05, 0.1) is 0 Å². The molecule has 0 amide bonds. The lowest BCUT2D eigenvalue weighted by atomic mass is 10.0. The summed E-state index contributed by atoms with van der Waals surface area (Å²) in [5, 5.41) is 3.84. The predicted molar refractivity (Wildman–Crippen MR) is 60.2 cm³/mol. The van der Waals surface area contributed by atoms with E-state index in [4.69, 9.17) is 0 Å². The Labute approximate surface area is 86.0 Å². The van der Waals surface area contributed by atoms with E-state index in [9.17, 15) is 0 Å². The van der Waals surface area contributed by atoms with E-state index in [0.29, 0.717) is 0 Å². The third kappa shape index (κ3) is 2.41. The van der Waals surface area contributed by atoms with Gasteiger partial charge in [-0.3, -0.25) is 0 Å². The van der Waals surface area contributed by atoms with Gasteiger partial charge in [0.2, 0.25) is 0 Å². The quantitative estimate of drug-likeness (QED) is 0.733. The van der Waals surface area contributed by atoms with Crippen molar-refractivity contribution in [1.29, 1.82) is 0 Å². The van der Waals surface area contributed by atoms with Crippen molar-refractivity contribution >= 4 is 11.8 Å². The first kappa shape index (κ1) is 9.85. The van der Waals surface area contributed by atoms with Crippen molar-refractivity contribution in [2.75, 3.05) is 11.5 Å². The maximum atomic E-state index is 3.84. The molecule has 1 aliphatic heterocycles. The minimum absolute atomic E-state index is 0.806. The zero-order valence-electron chi connectivity index (χ0n) is 8.75. The van der Waals surface area contributed by atoms with Crippen LogP contribution in [0.15, 0.2) is 0 Å². The van der Waals surface area contributed by atoms with Gasteiger partial charge in [0, 0.05) is 17.8 Å². The fourth-order valence-corrected chi connectivity index (χ4v) is 3.95. The molecule has 1 saturated carbocycles. The molecule has 2 rings (SSSR count). The SMILES string of the molecule is CC1CCC(NC2CSCC2C)C1. The molecule has 0 aromatic rings. The summed E-state index contributed by atoms with van der Waals surface area (Å²) in [6, 6.07) is 1.64. The first-order valence-corrected chi connectivity index (χ1v) is 6.75. The van der Waals surface area contributed by atoms with Crippen LogP contribution in [0.25, 0.3) is 0 Å². The molecule has 1 heterocycles. The summed E-state index contributed by atoms with van der Waals surface area (Å²) >= 11 is 2.11. The molecular weight excluding hydrogens is 178 g/mol. The average Bonchev–Trinajstić information content (AvgIpc) is 2.64. The first-order chi connectivity index (χ1) is 6.25. The first-order valence-electron chi connectivity index (χ1n) is 5.59. The highest BCUT2D eigenvalue weighted by Gasteiger charge is 2.28. The predicted octanol–water partition coefficient (Wildman–Crippen LogP) is 2.52. The summed E-state index contributed by atoms with van der Waals surface area (Å²) < 4.78 is 0. The Morgan fingerprint density at radius 2 is 2.00 bits per heavy atom. The van der Waals surface area contributed by atoms with Gasteiger partial charge in [-0.2, -0.15) is 11.8 Å². The van der Waals surface area contributed by atoms with Crippen LogP contribution in [0.1, 0.15) is 33.1 Å². The van der Waals surface area contributed by atoms with Crippen LogP contribution < -0.4 is 5.32 Å². The van der Waals surface area contributed by atoms with Crippen molar-refractivity contribution in [2.24, 2.45) is 11.8 Å². The Hall–Kier alpha value is 0.310. The van der Waals surface area contributed by atoms with E-state index in [1.807, 2.05) is 0 Å². The minimum atomic E-state index is 0.806. The summed E-state index contributed by atoms with van der Waals surface area (Å²) in [6.07, 6.45) is 4.26. The fraction of sp³-hybridized carbons (Fsp3) is 1.00. The van der Waals surface area contributed by atoms with E-state index in [1.54, 1.807) is 0 Å². The van der Waals surface area contributed by atoms with Crippen molar-refractivity contribution < 1.29 is 0 Å². The van der Waals surface area contributed by atoms with Gasteiger partial charge in [-0.15, -0.1) is 0 Å². The molecule has 2 heteroatoms. The molecule has 0 radical (unpaired) electrons. The Bertz CT molecular complexity index is 171. The zero-order valence-corrected chi connectivity index (χ0v) is 9.57. The number of rotatable bonds is 2. The van der Waals surface area contributed by atoms with Gasteiger partial charge in [-0.25, -0.2) is 0 Å². The standard InChI is InChI=1S/C11H21NS/c1-8-3-4-10(5-8)12-11-7-13-6-9(11)2/h8-12H,3-7H2,1-2H3.